The molecule has 0 fully saturated rings. The first-order valence-corrected chi connectivity index (χ1v) is 7.25. The van der Waals surface area contributed by atoms with Crippen LogP contribution in [0.1, 0.15) is 29.7 Å². The van der Waals surface area contributed by atoms with E-state index in [4.69, 9.17) is 4.74 Å². The van der Waals surface area contributed by atoms with Crippen LogP contribution in [-0.4, -0.2) is 17.5 Å². The number of pyridine rings is 1. The molecular formula is C17H17FN2O2. The van der Waals surface area contributed by atoms with Crippen molar-refractivity contribution in [3.8, 4) is 0 Å². The number of aromatic nitrogens is 1. The maximum atomic E-state index is 13.3. The van der Waals surface area contributed by atoms with E-state index in [0.717, 1.165) is 17.7 Å². The van der Waals surface area contributed by atoms with E-state index in [2.05, 4.69) is 10.3 Å². The molecule has 1 aliphatic rings. The Bertz CT molecular complexity index is 703. The summed E-state index contributed by atoms with van der Waals surface area (Å²) in [5.74, 6) is -0.975. The largest absolute Gasteiger partial charge is 0.376 e. The molecule has 1 aromatic carbocycles. The van der Waals surface area contributed by atoms with E-state index in [-0.39, 0.29) is 11.7 Å². The number of carbonyl (C=O) groups is 1. The Morgan fingerprint density at radius 3 is 3.09 bits per heavy atom. The Kier molecular flexibility index (Phi) is 4.15. The van der Waals surface area contributed by atoms with Crippen LogP contribution < -0.4 is 5.32 Å². The van der Waals surface area contributed by atoms with Crippen molar-refractivity contribution in [1.29, 1.82) is 0 Å². The minimum atomic E-state index is -0.442. The Balaban J connectivity index is 1.73. The molecule has 1 N–H and O–H groups in total. The fraction of sp³-hybridized carbons (Fsp3) is 0.294. The van der Waals surface area contributed by atoms with E-state index in [1.54, 1.807) is 25.3 Å². The van der Waals surface area contributed by atoms with E-state index in [1.165, 1.54) is 12.1 Å². The van der Waals surface area contributed by atoms with Crippen molar-refractivity contribution in [1.82, 2.24) is 4.98 Å². The topological polar surface area (TPSA) is 51.2 Å². The number of benzene rings is 1. The van der Waals surface area contributed by atoms with Gasteiger partial charge in [0.2, 0.25) is 5.91 Å². The first kappa shape index (κ1) is 14.7. The lowest BCUT2D eigenvalue weighted by molar-refractivity contribution is -0.117. The number of fused-ring (bicyclic) bond motifs is 1. The van der Waals surface area contributed by atoms with Crippen LogP contribution in [0.5, 0.6) is 0 Å². The third-order valence-electron chi connectivity index (χ3n) is 3.81. The van der Waals surface area contributed by atoms with Crippen molar-refractivity contribution < 1.29 is 13.9 Å². The van der Waals surface area contributed by atoms with Crippen LogP contribution in [0.4, 0.5) is 10.1 Å². The molecule has 22 heavy (non-hydrogen) atoms. The maximum Gasteiger partial charge on any atom is 0.231 e. The number of halogens is 1. The lowest BCUT2D eigenvalue weighted by Gasteiger charge is -2.17. The van der Waals surface area contributed by atoms with Gasteiger partial charge in [-0.15, -0.1) is 0 Å². The molecule has 0 aliphatic carbocycles. The summed E-state index contributed by atoms with van der Waals surface area (Å²) in [5.41, 5.74) is 3.30. The van der Waals surface area contributed by atoms with Crippen LogP contribution in [0.15, 0.2) is 36.5 Å². The molecule has 0 radical (unpaired) electrons. The second-order valence-corrected chi connectivity index (χ2v) is 5.40. The SMILES string of the molecule is CC(C(=O)Nc1cnc2c(c1)COCC2)c1cccc(F)c1. The summed E-state index contributed by atoms with van der Waals surface area (Å²) in [6.45, 7) is 2.95. The fourth-order valence-electron chi connectivity index (χ4n) is 2.49. The molecule has 4 nitrogen and oxygen atoms in total. The van der Waals surface area contributed by atoms with E-state index in [9.17, 15) is 9.18 Å². The van der Waals surface area contributed by atoms with Gasteiger partial charge >= 0.3 is 0 Å². The molecule has 114 valence electrons. The molecule has 0 spiro atoms. The molecule has 0 saturated carbocycles. The van der Waals surface area contributed by atoms with Gasteiger partial charge < -0.3 is 10.1 Å². The third-order valence-corrected chi connectivity index (χ3v) is 3.81. The van der Waals surface area contributed by atoms with E-state index in [0.29, 0.717) is 24.5 Å². The van der Waals surface area contributed by atoms with Gasteiger partial charge in [-0.3, -0.25) is 9.78 Å². The molecule has 0 bridgehead atoms. The zero-order chi connectivity index (χ0) is 15.5. The quantitative estimate of drug-likeness (QED) is 0.948. The normalized spacial score (nSPS) is 15.0. The molecular weight excluding hydrogens is 283 g/mol. The first-order valence-electron chi connectivity index (χ1n) is 7.25. The average molecular weight is 300 g/mol. The lowest BCUT2D eigenvalue weighted by Crippen LogP contribution is -2.20. The molecule has 1 aromatic heterocycles. The third kappa shape index (κ3) is 3.14. The number of nitrogens with one attached hydrogen (secondary N) is 1. The highest BCUT2D eigenvalue weighted by Crippen LogP contribution is 2.21. The monoisotopic (exact) mass is 300 g/mol. The summed E-state index contributed by atoms with van der Waals surface area (Å²) in [4.78, 5) is 16.7. The number of anilines is 1. The minimum Gasteiger partial charge on any atom is -0.376 e. The van der Waals surface area contributed by atoms with Gasteiger partial charge in [0.15, 0.2) is 0 Å². The molecule has 1 atom stereocenters. The van der Waals surface area contributed by atoms with Gasteiger partial charge in [0, 0.05) is 17.7 Å². The standard InChI is InChI=1S/C17H17FN2O2/c1-11(12-3-2-4-14(18)7-12)17(21)20-15-8-13-10-22-6-5-16(13)19-9-15/h2-4,7-9,11H,5-6,10H2,1H3,(H,20,21). The molecule has 5 heteroatoms. The Morgan fingerprint density at radius 1 is 1.41 bits per heavy atom. The van der Waals surface area contributed by atoms with Crippen molar-refractivity contribution in [2.75, 3.05) is 11.9 Å². The molecule has 0 saturated heterocycles. The van der Waals surface area contributed by atoms with Gasteiger partial charge in [0.25, 0.3) is 0 Å². The van der Waals surface area contributed by atoms with Gasteiger partial charge in [0.1, 0.15) is 5.82 Å². The van der Waals surface area contributed by atoms with E-state index >= 15 is 0 Å². The summed E-state index contributed by atoms with van der Waals surface area (Å²) in [5, 5.41) is 2.83. The molecule has 1 amide bonds. The molecule has 2 heterocycles. The zero-order valence-electron chi connectivity index (χ0n) is 12.3. The predicted octanol–water partition coefficient (Wildman–Crippen LogP) is 3.04. The summed E-state index contributed by atoms with van der Waals surface area (Å²) in [6.07, 6.45) is 2.45. The Labute approximate surface area is 128 Å². The van der Waals surface area contributed by atoms with Crippen LogP contribution in [-0.2, 0) is 22.6 Å². The van der Waals surface area contributed by atoms with Gasteiger partial charge in [-0.1, -0.05) is 12.1 Å². The van der Waals surface area contributed by atoms with Gasteiger partial charge in [0.05, 0.1) is 31.0 Å². The van der Waals surface area contributed by atoms with Gasteiger partial charge in [-0.2, -0.15) is 0 Å². The Hall–Kier alpha value is -2.27. The van der Waals surface area contributed by atoms with Gasteiger partial charge in [-0.05, 0) is 30.7 Å². The highest BCUT2D eigenvalue weighted by Gasteiger charge is 2.17. The highest BCUT2D eigenvalue weighted by molar-refractivity contribution is 5.95. The fourth-order valence-corrected chi connectivity index (χ4v) is 2.49. The summed E-state index contributed by atoms with van der Waals surface area (Å²) < 4.78 is 18.6. The predicted molar refractivity (Wildman–Crippen MR) is 81.0 cm³/mol. The number of hydrogen-bond acceptors (Lipinski definition) is 3. The van der Waals surface area contributed by atoms with Crippen molar-refractivity contribution in [2.24, 2.45) is 0 Å². The van der Waals surface area contributed by atoms with Crippen molar-refractivity contribution in [3.05, 3.63) is 59.2 Å². The zero-order valence-corrected chi connectivity index (χ0v) is 12.3. The second-order valence-electron chi connectivity index (χ2n) is 5.40. The van der Waals surface area contributed by atoms with E-state index < -0.39 is 5.92 Å². The van der Waals surface area contributed by atoms with Crippen molar-refractivity contribution >= 4 is 11.6 Å². The number of ether oxygens (including phenoxy) is 1. The van der Waals surface area contributed by atoms with Crippen LogP contribution in [0.3, 0.4) is 0 Å². The maximum absolute atomic E-state index is 13.3. The molecule has 2 aromatic rings. The first-order chi connectivity index (χ1) is 10.6. The number of hydrogen-bond donors (Lipinski definition) is 1. The molecule has 3 rings (SSSR count). The summed E-state index contributed by atoms with van der Waals surface area (Å²) >= 11 is 0. The number of amides is 1. The Morgan fingerprint density at radius 2 is 2.27 bits per heavy atom. The summed E-state index contributed by atoms with van der Waals surface area (Å²) in [7, 11) is 0. The number of nitrogens with zero attached hydrogens (tertiary/aromatic N) is 1. The van der Waals surface area contributed by atoms with Crippen LogP contribution >= 0.6 is 0 Å². The summed E-state index contributed by atoms with van der Waals surface area (Å²) in [6, 6.07) is 7.97. The average Bonchev–Trinajstić information content (AvgIpc) is 2.54. The van der Waals surface area contributed by atoms with Crippen LogP contribution in [0.2, 0.25) is 0 Å². The van der Waals surface area contributed by atoms with E-state index in [1.807, 2.05) is 6.07 Å². The lowest BCUT2D eigenvalue weighted by atomic mass is 10.00. The smallest absolute Gasteiger partial charge is 0.231 e. The van der Waals surface area contributed by atoms with Crippen molar-refractivity contribution in [2.45, 2.75) is 25.9 Å². The minimum absolute atomic E-state index is 0.191. The van der Waals surface area contributed by atoms with Crippen LogP contribution in [0.25, 0.3) is 0 Å². The van der Waals surface area contributed by atoms with Crippen molar-refractivity contribution in [3.63, 3.8) is 0 Å². The number of rotatable bonds is 3. The second kappa shape index (κ2) is 6.23. The van der Waals surface area contributed by atoms with Gasteiger partial charge in [-0.25, -0.2) is 4.39 Å². The number of carbonyl (C=O) groups excluding carboxylic acids is 1. The molecule has 1 unspecified atom stereocenters. The van der Waals surface area contributed by atoms with Crippen LogP contribution in [0, 0.1) is 5.82 Å². The molecule has 1 aliphatic heterocycles. The highest BCUT2D eigenvalue weighted by atomic mass is 19.1.